The van der Waals surface area contributed by atoms with Gasteiger partial charge in [0.15, 0.2) is 0 Å². The van der Waals surface area contributed by atoms with Crippen LogP contribution in [0.4, 0.5) is 17.3 Å². The normalized spacial score (nSPS) is 11.9. The van der Waals surface area contributed by atoms with E-state index in [0.717, 1.165) is 19.3 Å². The minimum absolute atomic E-state index is 0.0843. The zero-order chi connectivity index (χ0) is 14.3. The van der Waals surface area contributed by atoms with Gasteiger partial charge in [-0.2, -0.15) is 0 Å². The second-order valence-electron chi connectivity index (χ2n) is 4.25. The van der Waals surface area contributed by atoms with Crippen molar-refractivity contribution in [1.82, 2.24) is 9.97 Å². The second kappa shape index (κ2) is 7.50. The van der Waals surface area contributed by atoms with Gasteiger partial charge in [0, 0.05) is 12.6 Å². The molecular formula is C12H21N5O2. The van der Waals surface area contributed by atoms with E-state index in [1.807, 2.05) is 13.8 Å². The molecule has 1 heterocycles. The van der Waals surface area contributed by atoms with Gasteiger partial charge in [-0.05, 0) is 19.8 Å². The van der Waals surface area contributed by atoms with Gasteiger partial charge in [-0.25, -0.2) is 9.97 Å². The lowest BCUT2D eigenvalue weighted by Crippen LogP contribution is -2.20. The van der Waals surface area contributed by atoms with Gasteiger partial charge in [0.2, 0.25) is 11.6 Å². The Morgan fingerprint density at radius 2 is 2.00 bits per heavy atom. The van der Waals surface area contributed by atoms with Gasteiger partial charge in [0.25, 0.3) is 0 Å². The van der Waals surface area contributed by atoms with Crippen LogP contribution in [-0.2, 0) is 0 Å². The van der Waals surface area contributed by atoms with Crippen LogP contribution in [0, 0.1) is 10.1 Å². The van der Waals surface area contributed by atoms with Crippen LogP contribution >= 0.6 is 0 Å². The van der Waals surface area contributed by atoms with E-state index in [1.165, 1.54) is 6.33 Å². The maximum atomic E-state index is 11.2. The maximum Gasteiger partial charge on any atom is 0.353 e. The van der Waals surface area contributed by atoms with Gasteiger partial charge in [0.05, 0.1) is 4.92 Å². The van der Waals surface area contributed by atoms with E-state index in [4.69, 9.17) is 0 Å². The summed E-state index contributed by atoms with van der Waals surface area (Å²) in [5, 5.41) is 17.2. The fourth-order valence-electron chi connectivity index (χ4n) is 1.87. The van der Waals surface area contributed by atoms with E-state index in [2.05, 4.69) is 27.5 Å². The number of aromatic nitrogens is 2. The molecule has 0 fully saturated rings. The van der Waals surface area contributed by atoms with E-state index in [9.17, 15) is 10.1 Å². The average Bonchev–Trinajstić information content (AvgIpc) is 2.38. The number of rotatable bonds is 8. The molecule has 0 aliphatic carbocycles. The van der Waals surface area contributed by atoms with Crippen molar-refractivity contribution >= 4 is 17.3 Å². The molecule has 0 aliphatic rings. The second-order valence-corrected chi connectivity index (χ2v) is 4.25. The summed E-state index contributed by atoms with van der Waals surface area (Å²) in [5.74, 6) is 0.549. The van der Waals surface area contributed by atoms with Crippen LogP contribution in [0.5, 0.6) is 0 Å². The first-order chi connectivity index (χ1) is 9.13. The highest BCUT2D eigenvalue weighted by Crippen LogP contribution is 2.29. The van der Waals surface area contributed by atoms with E-state index in [1.54, 1.807) is 0 Å². The number of nitro groups is 1. The topological polar surface area (TPSA) is 93.0 Å². The van der Waals surface area contributed by atoms with Crippen molar-refractivity contribution in [3.63, 3.8) is 0 Å². The molecule has 7 nitrogen and oxygen atoms in total. The summed E-state index contributed by atoms with van der Waals surface area (Å²) in [5.41, 5.74) is -0.0843. The summed E-state index contributed by atoms with van der Waals surface area (Å²) in [4.78, 5) is 18.7. The Morgan fingerprint density at radius 3 is 2.53 bits per heavy atom. The van der Waals surface area contributed by atoms with Crippen molar-refractivity contribution in [3.05, 3.63) is 16.4 Å². The van der Waals surface area contributed by atoms with Crippen LogP contribution in [0.25, 0.3) is 0 Å². The van der Waals surface area contributed by atoms with Crippen molar-refractivity contribution in [2.24, 2.45) is 0 Å². The molecule has 0 spiro atoms. The summed E-state index contributed by atoms with van der Waals surface area (Å²) in [7, 11) is 0. The van der Waals surface area contributed by atoms with Gasteiger partial charge in [-0.3, -0.25) is 10.1 Å². The summed E-state index contributed by atoms with van der Waals surface area (Å²) in [6, 6.07) is 0.188. The standard InChI is InChI=1S/C12H21N5O2/c1-4-7-9(5-2)16-12-10(17(18)19)11(13-6-3)14-8-15-12/h8-9H,4-7H2,1-3H3,(H2,13,14,15,16). The molecule has 0 saturated heterocycles. The monoisotopic (exact) mass is 267 g/mol. The zero-order valence-corrected chi connectivity index (χ0v) is 11.6. The Morgan fingerprint density at radius 1 is 1.32 bits per heavy atom. The molecule has 0 aliphatic heterocycles. The fraction of sp³-hybridized carbons (Fsp3) is 0.667. The van der Waals surface area contributed by atoms with Crippen molar-refractivity contribution in [1.29, 1.82) is 0 Å². The Kier molecular flexibility index (Phi) is 5.98. The highest BCUT2D eigenvalue weighted by Gasteiger charge is 2.23. The van der Waals surface area contributed by atoms with Crippen molar-refractivity contribution in [3.8, 4) is 0 Å². The van der Waals surface area contributed by atoms with E-state index in [0.29, 0.717) is 6.54 Å². The molecule has 0 saturated carbocycles. The Bertz CT molecular complexity index is 425. The fourth-order valence-corrected chi connectivity index (χ4v) is 1.87. The average molecular weight is 267 g/mol. The van der Waals surface area contributed by atoms with Gasteiger partial charge in [0.1, 0.15) is 6.33 Å². The summed E-state index contributed by atoms with van der Waals surface area (Å²) < 4.78 is 0. The Hall–Kier alpha value is -1.92. The first-order valence-corrected chi connectivity index (χ1v) is 6.63. The molecule has 19 heavy (non-hydrogen) atoms. The molecule has 7 heteroatoms. The lowest BCUT2D eigenvalue weighted by atomic mass is 10.1. The maximum absolute atomic E-state index is 11.2. The zero-order valence-electron chi connectivity index (χ0n) is 11.6. The molecule has 1 aromatic rings. The number of hydrogen-bond acceptors (Lipinski definition) is 6. The van der Waals surface area contributed by atoms with Crippen LogP contribution in [0.15, 0.2) is 6.33 Å². The van der Waals surface area contributed by atoms with Gasteiger partial charge in [-0.1, -0.05) is 20.3 Å². The molecule has 1 aromatic heterocycles. The summed E-state index contributed by atoms with van der Waals surface area (Å²) >= 11 is 0. The van der Waals surface area contributed by atoms with Gasteiger partial charge >= 0.3 is 5.69 Å². The van der Waals surface area contributed by atoms with E-state index < -0.39 is 4.92 Å². The minimum Gasteiger partial charge on any atom is -0.364 e. The molecule has 0 aromatic carbocycles. The highest BCUT2D eigenvalue weighted by atomic mass is 16.6. The number of nitrogens with zero attached hydrogens (tertiary/aromatic N) is 3. The van der Waals surface area contributed by atoms with E-state index >= 15 is 0 Å². The molecular weight excluding hydrogens is 246 g/mol. The molecule has 0 radical (unpaired) electrons. The first kappa shape index (κ1) is 15.1. The van der Waals surface area contributed by atoms with Crippen LogP contribution in [0.1, 0.15) is 40.0 Å². The van der Waals surface area contributed by atoms with Crippen molar-refractivity contribution in [2.45, 2.75) is 46.1 Å². The van der Waals surface area contributed by atoms with Crippen molar-refractivity contribution in [2.75, 3.05) is 17.2 Å². The lowest BCUT2D eigenvalue weighted by molar-refractivity contribution is -0.383. The third-order valence-electron chi connectivity index (χ3n) is 2.82. The first-order valence-electron chi connectivity index (χ1n) is 6.63. The lowest BCUT2D eigenvalue weighted by Gasteiger charge is -2.17. The number of anilines is 2. The Balaban J connectivity index is 3.04. The summed E-state index contributed by atoms with van der Waals surface area (Å²) in [6.45, 7) is 6.57. The predicted octanol–water partition coefficient (Wildman–Crippen LogP) is 2.81. The molecule has 106 valence electrons. The number of nitrogens with one attached hydrogen (secondary N) is 2. The molecule has 0 amide bonds. The molecule has 1 rings (SSSR count). The SMILES string of the molecule is CCCC(CC)Nc1ncnc(NCC)c1[N+](=O)[O-]. The van der Waals surface area contributed by atoms with Gasteiger partial charge < -0.3 is 10.6 Å². The third-order valence-corrected chi connectivity index (χ3v) is 2.82. The molecule has 1 unspecified atom stereocenters. The summed E-state index contributed by atoms with van der Waals surface area (Å²) in [6.07, 6.45) is 4.20. The highest BCUT2D eigenvalue weighted by molar-refractivity contribution is 5.69. The van der Waals surface area contributed by atoms with E-state index in [-0.39, 0.29) is 23.4 Å². The van der Waals surface area contributed by atoms with Crippen LogP contribution < -0.4 is 10.6 Å². The smallest absolute Gasteiger partial charge is 0.353 e. The largest absolute Gasteiger partial charge is 0.364 e. The Labute approximate surface area is 113 Å². The molecule has 0 bridgehead atoms. The predicted molar refractivity (Wildman–Crippen MR) is 75.5 cm³/mol. The third kappa shape index (κ3) is 4.04. The van der Waals surface area contributed by atoms with Gasteiger partial charge in [-0.15, -0.1) is 0 Å². The molecule has 2 N–H and O–H groups in total. The molecule has 1 atom stereocenters. The quantitative estimate of drug-likeness (QED) is 0.555. The van der Waals surface area contributed by atoms with Crippen molar-refractivity contribution < 1.29 is 4.92 Å². The number of hydrogen-bond donors (Lipinski definition) is 2. The van der Waals surface area contributed by atoms with Crippen LogP contribution in [0.2, 0.25) is 0 Å². The van der Waals surface area contributed by atoms with Crippen LogP contribution in [-0.4, -0.2) is 27.5 Å². The van der Waals surface area contributed by atoms with Crippen LogP contribution in [0.3, 0.4) is 0 Å². The minimum atomic E-state index is -0.445.